The Morgan fingerprint density at radius 2 is 2.31 bits per heavy atom. The monoisotopic (exact) mass is 185 g/mol. The molecule has 3 heteroatoms. The molecule has 1 saturated heterocycles. The maximum atomic E-state index is 10.8. The van der Waals surface area contributed by atoms with Crippen LogP contribution >= 0.6 is 0 Å². The molecule has 13 heavy (non-hydrogen) atoms. The summed E-state index contributed by atoms with van der Waals surface area (Å²) in [6.45, 7) is 7.38. The molecule has 0 aromatic rings. The molecule has 0 aromatic heterocycles. The van der Waals surface area contributed by atoms with E-state index in [9.17, 15) is 4.79 Å². The number of nitrogens with zero attached hydrogens (tertiary/aromatic N) is 1. The lowest BCUT2D eigenvalue weighted by atomic mass is 10.2. The first kappa shape index (κ1) is 10.7. The van der Waals surface area contributed by atoms with Gasteiger partial charge in [-0.1, -0.05) is 0 Å². The molecule has 0 aliphatic carbocycles. The van der Waals surface area contributed by atoms with Crippen LogP contribution in [0.25, 0.3) is 0 Å². The van der Waals surface area contributed by atoms with Crippen LogP contribution in [0.5, 0.6) is 0 Å². The maximum absolute atomic E-state index is 10.8. The number of hydrogen-bond donors (Lipinski definition) is 0. The quantitative estimate of drug-likeness (QED) is 0.659. The SMILES string of the molecule is CC(=O)CCN1CCOCCC1C. The number of ether oxygens (including phenoxy) is 1. The number of rotatable bonds is 3. The van der Waals surface area contributed by atoms with Crippen molar-refractivity contribution >= 4 is 5.78 Å². The van der Waals surface area contributed by atoms with Gasteiger partial charge in [0, 0.05) is 32.2 Å². The highest BCUT2D eigenvalue weighted by molar-refractivity contribution is 5.75. The van der Waals surface area contributed by atoms with E-state index in [0.29, 0.717) is 12.5 Å². The fraction of sp³-hybridized carbons (Fsp3) is 0.900. The highest BCUT2D eigenvalue weighted by Gasteiger charge is 2.16. The average Bonchev–Trinajstić information content (AvgIpc) is 2.27. The van der Waals surface area contributed by atoms with Gasteiger partial charge in [-0.25, -0.2) is 0 Å². The number of hydrogen-bond acceptors (Lipinski definition) is 3. The van der Waals surface area contributed by atoms with Crippen molar-refractivity contribution in [2.24, 2.45) is 0 Å². The van der Waals surface area contributed by atoms with Gasteiger partial charge in [-0.05, 0) is 20.3 Å². The molecule has 0 amide bonds. The van der Waals surface area contributed by atoms with E-state index in [1.54, 1.807) is 6.92 Å². The fourth-order valence-electron chi connectivity index (χ4n) is 1.57. The molecule has 76 valence electrons. The molecule has 1 rings (SSSR count). The van der Waals surface area contributed by atoms with Gasteiger partial charge in [0.15, 0.2) is 0 Å². The lowest BCUT2D eigenvalue weighted by Gasteiger charge is -2.25. The van der Waals surface area contributed by atoms with E-state index in [0.717, 1.165) is 32.7 Å². The first-order valence-corrected chi connectivity index (χ1v) is 5.01. The summed E-state index contributed by atoms with van der Waals surface area (Å²) in [5, 5.41) is 0. The molecule has 0 saturated carbocycles. The predicted molar refractivity (Wildman–Crippen MR) is 51.8 cm³/mol. The van der Waals surface area contributed by atoms with E-state index in [1.807, 2.05) is 0 Å². The zero-order valence-corrected chi connectivity index (χ0v) is 8.58. The molecule has 0 spiro atoms. The zero-order chi connectivity index (χ0) is 9.68. The minimum absolute atomic E-state index is 0.275. The topological polar surface area (TPSA) is 29.5 Å². The van der Waals surface area contributed by atoms with Crippen LogP contribution in [-0.2, 0) is 9.53 Å². The van der Waals surface area contributed by atoms with Crippen LogP contribution in [0.2, 0.25) is 0 Å². The second-order valence-electron chi connectivity index (χ2n) is 3.74. The highest BCUT2D eigenvalue weighted by atomic mass is 16.5. The van der Waals surface area contributed by atoms with Crippen molar-refractivity contribution in [2.45, 2.75) is 32.7 Å². The summed E-state index contributed by atoms with van der Waals surface area (Å²) >= 11 is 0. The van der Waals surface area contributed by atoms with Crippen LogP contribution in [0, 0.1) is 0 Å². The van der Waals surface area contributed by atoms with E-state index in [1.165, 1.54) is 0 Å². The Balaban J connectivity index is 2.31. The maximum Gasteiger partial charge on any atom is 0.131 e. The Bertz CT molecular complexity index is 170. The van der Waals surface area contributed by atoms with Gasteiger partial charge in [0.1, 0.15) is 5.78 Å². The minimum Gasteiger partial charge on any atom is -0.380 e. The summed E-state index contributed by atoms with van der Waals surface area (Å²) in [6, 6.07) is 0.557. The van der Waals surface area contributed by atoms with Crippen LogP contribution in [0.4, 0.5) is 0 Å². The van der Waals surface area contributed by atoms with Crippen molar-refractivity contribution < 1.29 is 9.53 Å². The molecule has 1 atom stereocenters. The first-order valence-electron chi connectivity index (χ1n) is 5.01. The third kappa shape index (κ3) is 3.87. The van der Waals surface area contributed by atoms with Gasteiger partial charge >= 0.3 is 0 Å². The van der Waals surface area contributed by atoms with E-state index < -0.39 is 0 Å². The van der Waals surface area contributed by atoms with Gasteiger partial charge in [0.05, 0.1) is 6.61 Å². The molecule has 0 bridgehead atoms. The van der Waals surface area contributed by atoms with Gasteiger partial charge in [0.25, 0.3) is 0 Å². The van der Waals surface area contributed by atoms with Crippen molar-refractivity contribution in [1.29, 1.82) is 0 Å². The molecule has 1 aliphatic heterocycles. The molecular formula is C10H19NO2. The highest BCUT2D eigenvalue weighted by Crippen LogP contribution is 2.08. The summed E-state index contributed by atoms with van der Waals surface area (Å²) in [5.41, 5.74) is 0. The summed E-state index contributed by atoms with van der Waals surface area (Å²) < 4.78 is 5.38. The van der Waals surface area contributed by atoms with Crippen LogP contribution in [0.3, 0.4) is 0 Å². The van der Waals surface area contributed by atoms with E-state index in [4.69, 9.17) is 4.74 Å². The van der Waals surface area contributed by atoms with Crippen molar-refractivity contribution in [3.05, 3.63) is 0 Å². The van der Waals surface area contributed by atoms with Crippen LogP contribution < -0.4 is 0 Å². The molecule has 0 N–H and O–H groups in total. The Hall–Kier alpha value is -0.410. The summed E-state index contributed by atoms with van der Waals surface area (Å²) in [6.07, 6.45) is 1.75. The number of carbonyl (C=O) groups excluding carboxylic acids is 1. The van der Waals surface area contributed by atoms with Crippen LogP contribution in [0.15, 0.2) is 0 Å². The fourth-order valence-corrected chi connectivity index (χ4v) is 1.57. The van der Waals surface area contributed by atoms with Crippen LogP contribution in [-0.4, -0.2) is 43.0 Å². The smallest absolute Gasteiger partial charge is 0.131 e. The molecule has 1 heterocycles. The van der Waals surface area contributed by atoms with Gasteiger partial charge in [0.2, 0.25) is 0 Å². The van der Waals surface area contributed by atoms with Crippen molar-refractivity contribution in [1.82, 2.24) is 4.90 Å². The summed E-state index contributed by atoms with van der Waals surface area (Å²) in [7, 11) is 0. The number of ketones is 1. The largest absolute Gasteiger partial charge is 0.380 e. The number of Topliss-reactive ketones (excluding diaryl/α,β-unsaturated/α-hetero) is 1. The minimum atomic E-state index is 0.275. The van der Waals surface area contributed by atoms with Gasteiger partial charge < -0.3 is 4.74 Å². The first-order chi connectivity index (χ1) is 6.20. The molecule has 1 unspecified atom stereocenters. The number of carbonyl (C=O) groups is 1. The Morgan fingerprint density at radius 1 is 1.54 bits per heavy atom. The standard InChI is InChI=1S/C10H19NO2/c1-9-4-7-13-8-6-11(9)5-3-10(2)12/h9H,3-8H2,1-2H3. The second-order valence-corrected chi connectivity index (χ2v) is 3.74. The van der Waals surface area contributed by atoms with Gasteiger partial charge in [-0.3, -0.25) is 9.69 Å². The second kappa shape index (κ2) is 5.35. The molecular weight excluding hydrogens is 166 g/mol. The lowest BCUT2D eigenvalue weighted by Crippen LogP contribution is -2.35. The summed E-state index contributed by atoms with van der Waals surface area (Å²) in [4.78, 5) is 13.2. The van der Waals surface area contributed by atoms with Crippen molar-refractivity contribution in [2.75, 3.05) is 26.3 Å². The zero-order valence-electron chi connectivity index (χ0n) is 8.58. The Morgan fingerprint density at radius 3 is 3.00 bits per heavy atom. The summed E-state index contributed by atoms with van der Waals surface area (Å²) in [5.74, 6) is 0.275. The predicted octanol–water partition coefficient (Wildman–Crippen LogP) is 1.08. The normalized spacial score (nSPS) is 25.5. The Kier molecular flexibility index (Phi) is 4.39. The van der Waals surface area contributed by atoms with E-state index in [-0.39, 0.29) is 5.78 Å². The third-order valence-electron chi connectivity index (χ3n) is 2.58. The van der Waals surface area contributed by atoms with Crippen LogP contribution in [0.1, 0.15) is 26.7 Å². The molecule has 3 nitrogen and oxygen atoms in total. The molecule has 1 fully saturated rings. The Labute approximate surface area is 80.1 Å². The van der Waals surface area contributed by atoms with Crippen molar-refractivity contribution in [3.8, 4) is 0 Å². The van der Waals surface area contributed by atoms with Gasteiger partial charge in [-0.2, -0.15) is 0 Å². The lowest BCUT2D eigenvalue weighted by molar-refractivity contribution is -0.117. The molecule has 0 radical (unpaired) electrons. The van der Waals surface area contributed by atoms with Gasteiger partial charge in [-0.15, -0.1) is 0 Å². The third-order valence-corrected chi connectivity index (χ3v) is 2.58. The molecule has 0 aromatic carbocycles. The van der Waals surface area contributed by atoms with Crippen molar-refractivity contribution in [3.63, 3.8) is 0 Å². The van der Waals surface area contributed by atoms with E-state index >= 15 is 0 Å². The average molecular weight is 185 g/mol. The molecule has 1 aliphatic rings. The van der Waals surface area contributed by atoms with E-state index in [2.05, 4.69) is 11.8 Å².